The van der Waals surface area contributed by atoms with Gasteiger partial charge in [-0.25, -0.2) is 0 Å². The number of rotatable bonds is 6. The first-order valence-corrected chi connectivity index (χ1v) is 6.49. The van der Waals surface area contributed by atoms with Gasteiger partial charge in [-0.3, -0.25) is 4.90 Å². The fraction of sp³-hybridized carbons (Fsp3) is 1.00. The third-order valence-electron chi connectivity index (χ3n) is 4.07. The van der Waals surface area contributed by atoms with Gasteiger partial charge >= 0.3 is 0 Å². The molecule has 0 amide bonds. The smallest absolute Gasteiger partial charge is 0.0434 e. The summed E-state index contributed by atoms with van der Waals surface area (Å²) in [6.07, 6.45) is 3.44. The van der Waals surface area contributed by atoms with Crippen LogP contribution in [-0.2, 0) is 0 Å². The maximum absolute atomic E-state index is 9.07. The Morgan fingerprint density at radius 2 is 2.06 bits per heavy atom. The standard InChI is InChI=1S/C13H28N2O/c1-13(2)12(7-11-16)6-10-15(13)9-5-8-14(3)4/h12,16H,5-11H2,1-4H3. The van der Waals surface area contributed by atoms with E-state index in [4.69, 9.17) is 5.11 Å². The van der Waals surface area contributed by atoms with Gasteiger partial charge in [0.15, 0.2) is 0 Å². The second-order valence-electron chi connectivity index (χ2n) is 5.80. The summed E-state index contributed by atoms with van der Waals surface area (Å²) in [6.45, 7) is 8.54. The summed E-state index contributed by atoms with van der Waals surface area (Å²) < 4.78 is 0. The van der Waals surface area contributed by atoms with Crippen LogP contribution in [-0.4, -0.2) is 60.8 Å². The lowest BCUT2D eigenvalue weighted by Gasteiger charge is -2.36. The lowest BCUT2D eigenvalue weighted by molar-refractivity contribution is 0.117. The van der Waals surface area contributed by atoms with Crippen molar-refractivity contribution in [3.8, 4) is 0 Å². The van der Waals surface area contributed by atoms with Crippen LogP contribution < -0.4 is 0 Å². The molecular formula is C13H28N2O. The highest BCUT2D eigenvalue weighted by Gasteiger charge is 2.39. The molecule has 1 aliphatic rings. The molecule has 0 aliphatic carbocycles. The van der Waals surface area contributed by atoms with Gasteiger partial charge in [-0.15, -0.1) is 0 Å². The van der Waals surface area contributed by atoms with E-state index in [-0.39, 0.29) is 5.54 Å². The molecule has 1 N–H and O–H groups in total. The second kappa shape index (κ2) is 5.99. The Bertz CT molecular complexity index is 204. The van der Waals surface area contributed by atoms with Gasteiger partial charge in [0.1, 0.15) is 0 Å². The molecule has 0 aromatic rings. The van der Waals surface area contributed by atoms with Crippen molar-refractivity contribution in [3.63, 3.8) is 0 Å². The van der Waals surface area contributed by atoms with Gasteiger partial charge in [0.2, 0.25) is 0 Å². The summed E-state index contributed by atoms with van der Waals surface area (Å²) in [7, 11) is 4.26. The van der Waals surface area contributed by atoms with Crippen molar-refractivity contribution < 1.29 is 5.11 Å². The lowest BCUT2D eigenvalue weighted by atomic mass is 9.86. The van der Waals surface area contributed by atoms with Crippen molar-refractivity contribution in [1.82, 2.24) is 9.80 Å². The minimum atomic E-state index is 0.273. The van der Waals surface area contributed by atoms with E-state index in [0.29, 0.717) is 12.5 Å². The molecule has 0 spiro atoms. The molecule has 0 bridgehead atoms. The highest BCUT2D eigenvalue weighted by Crippen LogP contribution is 2.36. The fourth-order valence-electron chi connectivity index (χ4n) is 2.84. The van der Waals surface area contributed by atoms with Crippen molar-refractivity contribution in [1.29, 1.82) is 0 Å². The number of aliphatic hydroxyl groups is 1. The van der Waals surface area contributed by atoms with Crippen LogP contribution in [0.15, 0.2) is 0 Å². The first kappa shape index (κ1) is 13.9. The molecule has 16 heavy (non-hydrogen) atoms. The summed E-state index contributed by atoms with van der Waals surface area (Å²) in [5, 5.41) is 9.07. The van der Waals surface area contributed by atoms with Crippen molar-refractivity contribution >= 4 is 0 Å². The third kappa shape index (κ3) is 3.44. The topological polar surface area (TPSA) is 26.7 Å². The summed E-state index contributed by atoms with van der Waals surface area (Å²) in [5.41, 5.74) is 0.273. The minimum Gasteiger partial charge on any atom is -0.396 e. The second-order valence-corrected chi connectivity index (χ2v) is 5.80. The Morgan fingerprint density at radius 1 is 1.38 bits per heavy atom. The van der Waals surface area contributed by atoms with E-state index in [1.165, 1.54) is 25.9 Å². The summed E-state index contributed by atoms with van der Waals surface area (Å²) in [4.78, 5) is 4.84. The van der Waals surface area contributed by atoms with E-state index in [9.17, 15) is 0 Å². The van der Waals surface area contributed by atoms with Crippen LogP contribution in [0.5, 0.6) is 0 Å². The van der Waals surface area contributed by atoms with Crippen molar-refractivity contribution in [2.45, 2.75) is 38.6 Å². The number of hydrogen-bond acceptors (Lipinski definition) is 3. The van der Waals surface area contributed by atoms with Crippen LogP contribution in [0.4, 0.5) is 0 Å². The largest absolute Gasteiger partial charge is 0.396 e. The molecule has 1 heterocycles. The third-order valence-corrected chi connectivity index (χ3v) is 4.07. The van der Waals surface area contributed by atoms with Gasteiger partial charge in [0, 0.05) is 12.1 Å². The zero-order chi connectivity index (χ0) is 12.2. The first-order chi connectivity index (χ1) is 7.48. The maximum Gasteiger partial charge on any atom is 0.0434 e. The Morgan fingerprint density at radius 3 is 2.62 bits per heavy atom. The predicted octanol–water partition coefficient (Wildman–Crippen LogP) is 1.42. The summed E-state index contributed by atoms with van der Waals surface area (Å²) in [6, 6.07) is 0. The first-order valence-electron chi connectivity index (χ1n) is 6.49. The summed E-state index contributed by atoms with van der Waals surface area (Å²) >= 11 is 0. The Balaban J connectivity index is 2.38. The molecule has 1 aliphatic heterocycles. The van der Waals surface area contributed by atoms with Crippen LogP contribution in [0.1, 0.15) is 33.1 Å². The number of aliphatic hydroxyl groups excluding tert-OH is 1. The van der Waals surface area contributed by atoms with Crippen LogP contribution in [0.3, 0.4) is 0 Å². The van der Waals surface area contributed by atoms with E-state index in [0.717, 1.165) is 13.0 Å². The minimum absolute atomic E-state index is 0.273. The monoisotopic (exact) mass is 228 g/mol. The van der Waals surface area contributed by atoms with Gasteiger partial charge in [-0.1, -0.05) is 0 Å². The summed E-state index contributed by atoms with van der Waals surface area (Å²) in [5.74, 6) is 0.664. The van der Waals surface area contributed by atoms with Gasteiger partial charge in [-0.05, 0) is 72.8 Å². The highest BCUT2D eigenvalue weighted by molar-refractivity contribution is 4.94. The lowest BCUT2D eigenvalue weighted by Crippen LogP contribution is -2.43. The zero-order valence-electron chi connectivity index (χ0n) is 11.4. The normalized spacial score (nSPS) is 25.5. The van der Waals surface area contributed by atoms with E-state index in [1.807, 2.05) is 0 Å². The van der Waals surface area contributed by atoms with Gasteiger partial charge in [0.25, 0.3) is 0 Å². The zero-order valence-corrected chi connectivity index (χ0v) is 11.4. The molecule has 3 heteroatoms. The molecule has 0 aromatic heterocycles. The Kier molecular flexibility index (Phi) is 5.22. The van der Waals surface area contributed by atoms with E-state index in [2.05, 4.69) is 37.7 Å². The van der Waals surface area contributed by atoms with Crippen LogP contribution in [0.25, 0.3) is 0 Å². The van der Waals surface area contributed by atoms with Crippen molar-refractivity contribution in [2.75, 3.05) is 40.3 Å². The van der Waals surface area contributed by atoms with Gasteiger partial charge < -0.3 is 10.0 Å². The molecule has 1 unspecified atom stereocenters. The van der Waals surface area contributed by atoms with Crippen LogP contribution in [0, 0.1) is 5.92 Å². The Labute approximate surface area is 100 Å². The SMILES string of the molecule is CN(C)CCCN1CCC(CCO)C1(C)C. The molecule has 0 saturated carbocycles. The molecule has 1 saturated heterocycles. The molecule has 1 rings (SSSR count). The molecule has 1 fully saturated rings. The highest BCUT2D eigenvalue weighted by atomic mass is 16.3. The van der Waals surface area contributed by atoms with Crippen molar-refractivity contribution in [3.05, 3.63) is 0 Å². The molecule has 0 aromatic carbocycles. The number of nitrogens with zero attached hydrogens (tertiary/aromatic N) is 2. The molecule has 1 atom stereocenters. The number of likely N-dealkylation sites (tertiary alicyclic amines) is 1. The average molecular weight is 228 g/mol. The molecular weight excluding hydrogens is 200 g/mol. The predicted molar refractivity (Wildman–Crippen MR) is 68.6 cm³/mol. The molecule has 3 nitrogen and oxygen atoms in total. The fourth-order valence-corrected chi connectivity index (χ4v) is 2.84. The van der Waals surface area contributed by atoms with Crippen LogP contribution >= 0.6 is 0 Å². The van der Waals surface area contributed by atoms with E-state index in [1.54, 1.807) is 0 Å². The Hall–Kier alpha value is -0.120. The number of hydrogen-bond donors (Lipinski definition) is 1. The van der Waals surface area contributed by atoms with E-state index >= 15 is 0 Å². The van der Waals surface area contributed by atoms with Gasteiger partial charge in [-0.2, -0.15) is 0 Å². The van der Waals surface area contributed by atoms with E-state index < -0.39 is 0 Å². The quantitative estimate of drug-likeness (QED) is 0.745. The van der Waals surface area contributed by atoms with Crippen LogP contribution in [0.2, 0.25) is 0 Å². The average Bonchev–Trinajstić information content (AvgIpc) is 2.45. The maximum atomic E-state index is 9.07. The molecule has 96 valence electrons. The molecule has 0 radical (unpaired) electrons. The van der Waals surface area contributed by atoms with Crippen molar-refractivity contribution in [2.24, 2.45) is 5.92 Å². The van der Waals surface area contributed by atoms with Gasteiger partial charge in [0.05, 0.1) is 0 Å².